The zero-order valence-electron chi connectivity index (χ0n) is 11.5. The molecular weight excluding hydrogens is 284 g/mol. The molecule has 0 aliphatic carbocycles. The van der Waals surface area contributed by atoms with E-state index in [0.29, 0.717) is 10.0 Å². The Labute approximate surface area is 124 Å². The summed E-state index contributed by atoms with van der Waals surface area (Å²) in [4.78, 5) is 0. The predicted octanol–water partition coefficient (Wildman–Crippen LogP) is 3.62. The molecule has 1 fully saturated rings. The van der Waals surface area contributed by atoms with E-state index in [1.807, 2.05) is 39.8 Å². The number of hydrogen-bond donors (Lipinski definition) is 1. The van der Waals surface area contributed by atoms with Gasteiger partial charge in [0.25, 0.3) is 0 Å². The van der Waals surface area contributed by atoms with Crippen LogP contribution in [0, 0.1) is 0 Å². The summed E-state index contributed by atoms with van der Waals surface area (Å²) in [5.41, 5.74) is 6.12. The topological polar surface area (TPSA) is 44.5 Å². The molecule has 0 spiro atoms. The Morgan fingerprint density at radius 1 is 1.11 bits per heavy atom. The average Bonchev–Trinajstić information content (AvgIpc) is 2.51. The van der Waals surface area contributed by atoms with Gasteiger partial charge in [0.15, 0.2) is 0 Å². The van der Waals surface area contributed by atoms with E-state index >= 15 is 0 Å². The van der Waals surface area contributed by atoms with Crippen molar-refractivity contribution in [2.45, 2.75) is 44.8 Å². The third-order valence-corrected chi connectivity index (χ3v) is 4.74. The second-order valence-corrected chi connectivity index (χ2v) is 6.58. The zero-order valence-corrected chi connectivity index (χ0v) is 13.0. The molecule has 0 aromatic heterocycles. The number of rotatable bonds is 2. The van der Waals surface area contributed by atoms with Crippen molar-refractivity contribution in [3.8, 4) is 0 Å². The van der Waals surface area contributed by atoms with Gasteiger partial charge in [0.2, 0.25) is 0 Å². The van der Waals surface area contributed by atoms with Crippen LogP contribution in [0.25, 0.3) is 0 Å². The molecule has 2 N–H and O–H groups in total. The van der Waals surface area contributed by atoms with Gasteiger partial charge in [-0.05, 0) is 39.3 Å². The maximum Gasteiger partial charge on any atom is 0.480 e. The molecule has 1 atom stereocenters. The molecule has 19 heavy (non-hydrogen) atoms. The summed E-state index contributed by atoms with van der Waals surface area (Å²) in [7, 11) is -0.541. The number of benzene rings is 1. The zero-order chi connectivity index (χ0) is 14.4. The van der Waals surface area contributed by atoms with E-state index in [4.69, 9.17) is 38.2 Å². The van der Waals surface area contributed by atoms with Crippen molar-refractivity contribution in [2.75, 3.05) is 0 Å². The minimum absolute atomic E-state index is 0.416. The van der Waals surface area contributed by atoms with Crippen molar-refractivity contribution in [3.05, 3.63) is 33.8 Å². The van der Waals surface area contributed by atoms with Gasteiger partial charge in [0.1, 0.15) is 0 Å². The highest BCUT2D eigenvalue weighted by Crippen LogP contribution is 2.41. The fourth-order valence-electron chi connectivity index (χ4n) is 1.96. The summed E-state index contributed by atoms with van der Waals surface area (Å²) in [6.45, 7) is 7.94. The molecule has 1 aliphatic rings. The Morgan fingerprint density at radius 2 is 1.63 bits per heavy atom. The minimum atomic E-state index is -0.541. The van der Waals surface area contributed by atoms with Gasteiger partial charge in [-0.15, -0.1) is 0 Å². The van der Waals surface area contributed by atoms with E-state index in [1.165, 1.54) is 0 Å². The lowest BCUT2D eigenvalue weighted by atomic mass is 9.75. The van der Waals surface area contributed by atoms with E-state index < -0.39 is 24.3 Å². The van der Waals surface area contributed by atoms with Crippen LogP contribution in [0.5, 0.6) is 0 Å². The van der Waals surface area contributed by atoms with Crippen molar-refractivity contribution in [3.63, 3.8) is 0 Å². The third-order valence-electron chi connectivity index (χ3n) is 3.91. The van der Waals surface area contributed by atoms with Gasteiger partial charge in [-0.25, -0.2) is 0 Å². The second-order valence-electron chi connectivity index (χ2n) is 5.79. The number of nitrogens with two attached hydrogens (primary N) is 1. The molecule has 0 radical (unpaired) electrons. The number of hydrogen-bond acceptors (Lipinski definition) is 3. The van der Waals surface area contributed by atoms with E-state index in [0.717, 1.165) is 5.56 Å². The summed E-state index contributed by atoms with van der Waals surface area (Å²) in [5, 5.41) is 0.928. The standard InChI is InChI=1S/C13H18BCl2NO2/c1-12(2)13(3,4)19-14(18-12)11(17)8-6-5-7-9(15)10(8)16/h5-7,11H,17H2,1-4H3. The summed E-state index contributed by atoms with van der Waals surface area (Å²) in [6, 6.07) is 5.38. The van der Waals surface area contributed by atoms with E-state index in [-0.39, 0.29) is 0 Å². The van der Waals surface area contributed by atoms with Crippen LogP contribution >= 0.6 is 23.2 Å². The van der Waals surface area contributed by atoms with Gasteiger partial charge in [-0.3, -0.25) is 0 Å². The highest BCUT2D eigenvalue weighted by atomic mass is 35.5. The van der Waals surface area contributed by atoms with Crippen LogP contribution in [0.3, 0.4) is 0 Å². The van der Waals surface area contributed by atoms with Gasteiger partial charge in [0.05, 0.1) is 27.2 Å². The molecule has 2 rings (SSSR count). The molecular formula is C13H18BCl2NO2. The lowest BCUT2D eigenvalue weighted by molar-refractivity contribution is 0.00578. The predicted molar refractivity (Wildman–Crippen MR) is 79.5 cm³/mol. The van der Waals surface area contributed by atoms with Crippen LogP contribution in [0.1, 0.15) is 39.2 Å². The first-order valence-corrected chi connectivity index (χ1v) is 6.96. The Morgan fingerprint density at radius 3 is 2.16 bits per heavy atom. The third kappa shape index (κ3) is 2.65. The van der Waals surface area contributed by atoms with Gasteiger partial charge < -0.3 is 15.0 Å². The molecule has 0 saturated carbocycles. The van der Waals surface area contributed by atoms with Gasteiger partial charge in [-0.2, -0.15) is 0 Å². The summed E-state index contributed by atoms with van der Waals surface area (Å²) >= 11 is 12.2. The Hall–Kier alpha value is -0.255. The molecule has 3 nitrogen and oxygen atoms in total. The molecule has 1 aromatic carbocycles. The van der Waals surface area contributed by atoms with Crippen molar-refractivity contribution in [1.82, 2.24) is 0 Å². The smallest absolute Gasteiger partial charge is 0.402 e. The van der Waals surface area contributed by atoms with Crippen molar-refractivity contribution >= 4 is 30.3 Å². The van der Waals surface area contributed by atoms with Crippen LogP contribution in [-0.2, 0) is 9.31 Å². The normalized spacial score (nSPS) is 22.6. The lowest BCUT2D eigenvalue weighted by Crippen LogP contribution is -2.41. The number of halogens is 2. The van der Waals surface area contributed by atoms with Crippen LogP contribution in [0.4, 0.5) is 0 Å². The molecule has 1 aromatic rings. The van der Waals surface area contributed by atoms with Crippen molar-refractivity contribution in [1.29, 1.82) is 0 Å². The van der Waals surface area contributed by atoms with Gasteiger partial charge in [-0.1, -0.05) is 35.3 Å². The Kier molecular flexibility index (Phi) is 3.93. The summed E-state index contributed by atoms with van der Waals surface area (Å²) < 4.78 is 11.9. The highest BCUT2D eigenvalue weighted by Gasteiger charge is 2.53. The largest absolute Gasteiger partial charge is 0.480 e. The quantitative estimate of drug-likeness (QED) is 0.849. The first kappa shape index (κ1) is 15.1. The monoisotopic (exact) mass is 301 g/mol. The van der Waals surface area contributed by atoms with Gasteiger partial charge >= 0.3 is 7.12 Å². The summed E-state index contributed by atoms with van der Waals surface area (Å²) in [6.07, 6.45) is 0. The Balaban J connectivity index is 2.27. The first-order valence-electron chi connectivity index (χ1n) is 6.21. The fraction of sp³-hybridized carbons (Fsp3) is 0.538. The van der Waals surface area contributed by atoms with E-state index in [1.54, 1.807) is 6.07 Å². The molecule has 1 heterocycles. The van der Waals surface area contributed by atoms with Crippen LogP contribution < -0.4 is 5.73 Å². The van der Waals surface area contributed by atoms with Crippen LogP contribution in [0.2, 0.25) is 10.0 Å². The lowest BCUT2D eigenvalue weighted by Gasteiger charge is -2.32. The average molecular weight is 302 g/mol. The molecule has 1 aliphatic heterocycles. The SMILES string of the molecule is CC1(C)OB(C(N)c2cccc(Cl)c2Cl)OC1(C)C. The van der Waals surface area contributed by atoms with Crippen molar-refractivity contribution in [2.24, 2.45) is 5.73 Å². The highest BCUT2D eigenvalue weighted by molar-refractivity contribution is 6.49. The molecule has 104 valence electrons. The first-order chi connectivity index (χ1) is 8.66. The maximum absolute atomic E-state index is 6.22. The second kappa shape index (κ2) is 4.94. The van der Waals surface area contributed by atoms with Crippen LogP contribution in [0.15, 0.2) is 18.2 Å². The van der Waals surface area contributed by atoms with E-state index in [2.05, 4.69) is 0 Å². The van der Waals surface area contributed by atoms with Crippen LogP contribution in [-0.4, -0.2) is 18.3 Å². The summed E-state index contributed by atoms with van der Waals surface area (Å²) in [5.74, 6) is -0.479. The van der Waals surface area contributed by atoms with Gasteiger partial charge in [0, 0.05) is 0 Å². The molecule has 1 saturated heterocycles. The fourth-order valence-corrected chi connectivity index (χ4v) is 2.39. The maximum atomic E-state index is 6.22. The minimum Gasteiger partial charge on any atom is -0.402 e. The molecule has 0 amide bonds. The molecule has 0 bridgehead atoms. The van der Waals surface area contributed by atoms with E-state index in [9.17, 15) is 0 Å². The molecule has 6 heteroatoms. The van der Waals surface area contributed by atoms with Crippen molar-refractivity contribution < 1.29 is 9.31 Å². The molecule has 1 unspecified atom stereocenters. The Bertz CT molecular complexity index is 478.